The molecule has 8 nitrogen and oxygen atoms in total. The zero-order valence-corrected chi connectivity index (χ0v) is 16.8. The van der Waals surface area contributed by atoms with Gasteiger partial charge in [0.25, 0.3) is 0 Å². The maximum Gasteiger partial charge on any atom is 0.242 e. The van der Waals surface area contributed by atoms with Crippen molar-refractivity contribution >= 4 is 28.1 Å². The standard InChI is InChI=1S/C18H27N3O5S/c1-12(2)9-15(11-22)21-18(24)14(4)20-17(23)10-19-27(25,26)16-7-5-13(3)6-8-16/h5-8,11-12,14-15,19H,9-10H2,1-4H3,(H,20,23)(H,21,24). The van der Waals surface area contributed by atoms with Gasteiger partial charge in [0, 0.05) is 0 Å². The van der Waals surface area contributed by atoms with Gasteiger partial charge in [-0.05, 0) is 38.3 Å². The molecule has 1 rings (SSSR count). The van der Waals surface area contributed by atoms with E-state index in [1.807, 2.05) is 20.8 Å². The third-order valence-corrected chi connectivity index (χ3v) is 5.16. The third kappa shape index (κ3) is 7.88. The Morgan fingerprint density at radius 3 is 2.19 bits per heavy atom. The zero-order valence-electron chi connectivity index (χ0n) is 16.0. The van der Waals surface area contributed by atoms with Gasteiger partial charge in [0.05, 0.1) is 17.5 Å². The molecular weight excluding hydrogens is 370 g/mol. The van der Waals surface area contributed by atoms with E-state index < -0.39 is 40.5 Å². The number of sulfonamides is 1. The number of aryl methyl sites for hydroxylation is 1. The molecule has 2 unspecified atom stereocenters. The van der Waals surface area contributed by atoms with Crippen LogP contribution in [0.15, 0.2) is 29.2 Å². The molecule has 0 spiro atoms. The number of rotatable bonds is 10. The molecule has 0 bridgehead atoms. The van der Waals surface area contributed by atoms with Gasteiger partial charge in [-0.2, -0.15) is 0 Å². The molecule has 2 atom stereocenters. The van der Waals surface area contributed by atoms with E-state index in [0.717, 1.165) is 5.56 Å². The van der Waals surface area contributed by atoms with E-state index in [0.29, 0.717) is 12.7 Å². The minimum absolute atomic E-state index is 0.0502. The van der Waals surface area contributed by atoms with Crippen molar-refractivity contribution in [2.45, 2.75) is 51.1 Å². The van der Waals surface area contributed by atoms with Crippen LogP contribution in [0, 0.1) is 12.8 Å². The Balaban J connectivity index is 2.54. The lowest BCUT2D eigenvalue weighted by Crippen LogP contribution is -2.50. The summed E-state index contributed by atoms with van der Waals surface area (Å²) >= 11 is 0. The maximum atomic E-state index is 12.1. The van der Waals surface area contributed by atoms with Crippen molar-refractivity contribution in [3.63, 3.8) is 0 Å². The molecule has 0 heterocycles. The molecule has 9 heteroatoms. The Bertz CT molecular complexity index is 760. The fourth-order valence-corrected chi connectivity index (χ4v) is 3.27. The largest absolute Gasteiger partial charge is 0.345 e. The summed E-state index contributed by atoms with van der Waals surface area (Å²) in [6.07, 6.45) is 1.15. The average Bonchev–Trinajstić information content (AvgIpc) is 2.59. The molecule has 3 N–H and O–H groups in total. The van der Waals surface area contributed by atoms with Crippen LogP contribution in [0.5, 0.6) is 0 Å². The summed E-state index contributed by atoms with van der Waals surface area (Å²) in [7, 11) is -3.82. The summed E-state index contributed by atoms with van der Waals surface area (Å²) in [5, 5.41) is 4.95. The minimum atomic E-state index is -3.82. The van der Waals surface area contributed by atoms with Crippen molar-refractivity contribution in [3.05, 3.63) is 29.8 Å². The van der Waals surface area contributed by atoms with Crippen LogP contribution in [0.1, 0.15) is 32.8 Å². The Labute approximate surface area is 160 Å². The number of amides is 2. The average molecular weight is 397 g/mol. The van der Waals surface area contributed by atoms with Gasteiger partial charge in [0.2, 0.25) is 21.8 Å². The Morgan fingerprint density at radius 1 is 1.07 bits per heavy atom. The summed E-state index contributed by atoms with van der Waals surface area (Å²) in [5.41, 5.74) is 0.914. The monoisotopic (exact) mass is 397 g/mol. The van der Waals surface area contributed by atoms with Crippen molar-refractivity contribution in [3.8, 4) is 0 Å². The first-order valence-electron chi connectivity index (χ1n) is 8.66. The SMILES string of the molecule is Cc1ccc(S(=O)(=O)NCC(=O)NC(C)C(=O)NC(C=O)CC(C)C)cc1. The number of aldehydes is 1. The molecule has 27 heavy (non-hydrogen) atoms. The number of hydrogen-bond acceptors (Lipinski definition) is 5. The van der Waals surface area contributed by atoms with Crippen molar-refractivity contribution in [2.24, 2.45) is 5.92 Å². The molecule has 0 aliphatic rings. The van der Waals surface area contributed by atoms with Crippen LogP contribution in [0.3, 0.4) is 0 Å². The topological polar surface area (TPSA) is 121 Å². The molecule has 2 amide bonds. The van der Waals surface area contributed by atoms with Crippen LogP contribution >= 0.6 is 0 Å². The highest BCUT2D eigenvalue weighted by atomic mass is 32.2. The zero-order chi connectivity index (χ0) is 20.6. The van der Waals surface area contributed by atoms with Crippen molar-refractivity contribution in [1.82, 2.24) is 15.4 Å². The molecular formula is C18H27N3O5S. The van der Waals surface area contributed by atoms with Crippen LogP contribution in [0.2, 0.25) is 0 Å². The second kappa shape index (κ2) is 10.2. The first-order chi connectivity index (χ1) is 12.5. The van der Waals surface area contributed by atoms with E-state index in [1.165, 1.54) is 19.1 Å². The highest BCUT2D eigenvalue weighted by molar-refractivity contribution is 7.89. The first-order valence-corrected chi connectivity index (χ1v) is 10.1. The van der Waals surface area contributed by atoms with E-state index in [-0.39, 0.29) is 10.8 Å². The van der Waals surface area contributed by atoms with E-state index in [1.54, 1.807) is 12.1 Å². The lowest BCUT2D eigenvalue weighted by molar-refractivity contribution is -0.129. The Morgan fingerprint density at radius 2 is 1.67 bits per heavy atom. The summed E-state index contributed by atoms with van der Waals surface area (Å²) in [5.74, 6) is -0.941. The third-order valence-electron chi connectivity index (χ3n) is 3.74. The van der Waals surface area contributed by atoms with Crippen LogP contribution in [0.4, 0.5) is 0 Å². The number of carbonyl (C=O) groups is 3. The van der Waals surface area contributed by atoms with Gasteiger partial charge < -0.3 is 15.4 Å². The lowest BCUT2D eigenvalue weighted by atomic mass is 10.0. The van der Waals surface area contributed by atoms with Gasteiger partial charge in [-0.3, -0.25) is 9.59 Å². The van der Waals surface area contributed by atoms with Crippen LogP contribution in [-0.2, 0) is 24.4 Å². The normalized spacial score (nSPS) is 13.7. The molecule has 150 valence electrons. The van der Waals surface area contributed by atoms with Gasteiger partial charge in [0.15, 0.2) is 0 Å². The van der Waals surface area contributed by atoms with Gasteiger partial charge in [-0.1, -0.05) is 31.5 Å². The van der Waals surface area contributed by atoms with Crippen molar-refractivity contribution < 1.29 is 22.8 Å². The van der Waals surface area contributed by atoms with E-state index in [4.69, 9.17) is 0 Å². The number of carbonyl (C=O) groups excluding carboxylic acids is 3. The number of nitrogens with one attached hydrogen (secondary N) is 3. The summed E-state index contributed by atoms with van der Waals surface area (Å²) < 4.78 is 26.5. The second-order valence-electron chi connectivity index (χ2n) is 6.81. The second-order valence-corrected chi connectivity index (χ2v) is 8.57. The van der Waals surface area contributed by atoms with Gasteiger partial charge in [-0.15, -0.1) is 0 Å². The highest BCUT2D eigenvalue weighted by Gasteiger charge is 2.21. The predicted molar refractivity (Wildman–Crippen MR) is 101 cm³/mol. The summed E-state index contributed by atoms with van der Waals surface area (Å²) in [6, 6.07) is 4.66. The van der Waals surface area contributed by atoms with Gasteiger partial charge >= 0.3 is 0 Å². The molecule has 0 fully saturated rings. The Hall–Kier alpha value is -2.26. The molecule has 1 aromatic rings. The molecule has 1 aromatic carbocycles. The number of hydrogen-bond donors (Lipinski definition) is 3. The molecule has 0 radical (unpaired) electrons. The van der Waals surface area contributed by atoms with Gasteiger partial charge in [0.1, 0.15) is 12.3 Å². The summed E-state index contributed by atoms with van der Waals surface area (Å²) in [4.78, 5) is 35.1. The maximum absolute atomic E-state index is 12.1. The molecule has 0 saturated heterocycles. The van der Waals surface area contributed by atoms with Crippen molar-refractivity contribution in [1.29, 1.82) is 0 Å². The molecule has 0 aromatic heterocycles. The first kappa shape index (κ1) is 22.8. The molecule has 0 aliphatic carbocycles. The van der Waals surface area contributed by atoms with E-state index in [2.05, 4.69) is 15.4 Å². The highest BCUT2D eigenvalue weighted by Crippen LogP contribution is 2.09. The van der Waals surface area contributed by atoms with E-state index in [9.17, 15) is 22.8 Å². The molecule has 0 saturated carbocycles. The fourth-order valence-electron chi connectivity index (χ4n) is 2.28. The summed E-state index contributed by atoms with van der Waals surface area (Å²) in [6.45, 7) is 6.64. The predicted octanol–water partition coefficient (Wildman–Crippen LogP) is 0.508. The smallest absolute Gasteiger partial charge is 0.242 e. The lowest BCUT2D eigenvalue weighted by Gasteiger charge is -2.19. The Kier molecular flexibility index (Phi) is 8.58. The fraction of sp³-hybridized carbons (Fsp3) is 0.500. The van der Waals surface area contributed by atoms with Crippen LogP contribution in [-0.4, -0.2) is 45.1 Å². The quantitative estimate of drug-likeness (QED) is 0.497. The minimum Gasteiger partial charge on any atom is -0.345 e. The van der Waals surface area contributed by atoms with E-state index >= 15 is 0 Å². The number of benzene rings is 1. The van der Waals surface area contributed by atoms with Crippen LogP contribution < -0.4 is 15.4 Å². The molecule has 0 aliphatic heterocycles. The van der Waals surface area contributed by atoms with Gasteiger partial charge in [-0.25, -0.2) is 13.1 Å². The van der Waals surface area contributed by atoms with Crippen LogP contribution in [0.25, 0.3) is 0 Å². The van der Waals surface area contributed by atoms with Crippen molar-refractivity contribution in [2.75, 3.05) is 6.54 Å².